The standard InChI is InChI=1S/C13H23NO2/c1-9-6-10(2)8-14(7-9)12-5-3-4-11(12)13(15)16/h9-12H,3-8H2,1-2H3,(H,15,16). The summed E-state index contributed by atoms with van der Waals surface area (Å²) >= 11 is 0. The lowest BCUT2D eigenvalue weighted by molar-refractivity contribution is -0.143. The molecule has 0 bridgehead atoms. The molecule has 0 aromatic rings. The van der Waals surface area contributed by atoms with E-state index in [-0.39, 0.29) is 5.92 Å². The molecular weight excluding hydrogens is 202 g/mol. The smallest absolute Gasteiger partial charge is 0.308 e. The van der Waals surface area contributed by atoms with E-state index in [9.17, 15) is 9.90 Å². The van der Waals surface area contributed by atoms with Crippen LogP contribution in [0, 0.1) is 17.8 Å². The summed E-state index contributed by atoms with van der Waals surface area (Å²) in [4.78, 5) is 13.6. The number of carboxylic acids is 1. The van der Waals surface area contributed by atoms with Crippen LogP contribution in [0.1, 0.15) is 39.5 Å². The van der Waals surface area contributed by atoms with Crippen LogP contribution >= 0.6 is 0 Å². The number of carbonyl (C=O) groups is 1. The molecule has 4 atom stereocenters. The van der Waals surface area contributed by atoms with Crippen LogP contribution in [-0.4, -0.2) is 35.1 Å². The second-order valence-corrected chi connectivity index (χ2v) is 5.84. The Labute approximate surface area is 97.8 Å². The predicted molar refractivity (Wildman–Crippen MR) is 63.3 cm³/mol. The average Bonchev–Trinajstić information content (AvgIpc) is 2.63. The fraction of sp³-hybridized carbons (Fsp3) is 0.923. The summed E-state index contributed by atoms with van der Waals surface area (Å²) in [5.74, 6) is 0.739. The van der Waals surface area contributed by atoms with E-state index in [4.69, 9.17) is 0 Å². The molecule has 4 unspecified atom stereocenters. The molecule has 0 amide bonds. The molecule has 1 aliphatic heterocycles. The van der Waals surface area contributed by atoms with E-state index in [1.54, 1.807) is 0 Å². The molecule has 1 saturated carbocycles. The molecule has 92 valence electrons. The number of carboxylic acid groups (broad SMARTS) is 1. The lowest BCUT2D eigenvalue weighted by atomic mass is 9.89. The van der Waals surface area contributed by atoms with E-state index in [1.807, 2.05) is 0 Å². The largest absolute Gasteiger partial charge is 0.481 e. The number of hydrogen-bond acceptors (Lipinski definition) is 2. The molecule has 0 aromatic carbocycles. The van der Waals surface area contributed by atoms with E-state index < -0.39 is 5.97 Å². The Morgan fingerprint density at radius 1 is 1.19 bits per heavy atom. The van der Waals surface area contributed by atoms with Crippen molar-refractivity contribution in [3.63, 3.8) is 0 Å². The highest BCUT2D eigenvalue weighted by molar-refractivity contribution is 5.71. The fourth-order valence-corrected chi connectivity index (χ4v) is 3.65. The highest BCUT2D eigenvalue weighted by Crippen LogP contribution is 2.33. The third-order valence-electron chi connectivity index (χ3n) is 4.16. The third-order valence-corrected chi connectivity index (χ3v) is 4.16. The first-order valence-corrected chi connectivity index (χ1v) is 6.54. The second kappa shape index (κ2) is 4.74. The Morgan fingerprint density at radius 2 is 1.81 bits per heavy atom. The Hall–Kier alpha value is -0.570. The third kappa shape index (κ3) is 2.40. The van der Waals surface area contributed by atoms with Gasteiger partial charge in [-0.05, 0) is 31.1 Å². The van der Waals surface area contributed by atoms with Crippen molar-refractivity contribution in [2.75, 3.05) is 13.1 Å². The summed E-state index contributed by atoms with van der Waals surface area (Å²) in [6.45, 7) is 6.76. The Morgan fingerprint density at radius 3 is 2.38 bits per heavy atom. The molecule has 16 heavy (non-hydrogen) atoms. The molecule has 3 nitrogen and oxygen atoms in total. The van der Waals surface area contributed by atoms with Crippen LogP contribution < -0.4 is 0 Å². The van der Waals surface area contributed by atoms with Crippen molar-refractivity contribution in [3.05, 3.63) is 0 Å². The number of hydrogen-bond donors (Lipinski definition) is 1. The van der Waals surface area contributed by atoms with Crippen LogP contribution in [0.15, 0.2) is 0 Å². The maximum Gasteiger partial charge on any atom is 0.308 e. The highest BCUT2D eigenvalue weighted by atomic mass is 16.4. The minimum absolute atomic E-state index is 0.113. The zero-order valence-electron chi connectivity index (χ0n) is 10.4. The summed E-state index contributed by atoms with van der Waals surface area (Å²) < 4.78 is 0. The monoisotopic (exact) mass is 225 g/mol. The molecule has 2 rings (SSSR count). The quantitative estimate of drug-likeness (QED) is 0.783. The molecule has 1 saturated heterocycles. The van der Waals surface area contributed by atoms with Crippen LogP contribution in [0.5, 0.6) is 0 Å². The van der Waals surface area contributed by atoms with Crippen LogP contribution in [0.2, 0.25) is 0 Å². The van der Waals surface area contributed by atoms with Gasteiger partial charge in [-0.1, -0.05) is 20.3 Å². The number of rotatable bonds is 2. The second-order valence-electron chi connectivity index (χ2n) is 5.84. The van der Waals surface area contributed by atoms with Gasteiger partial charge in [-0.15, -0.1) is 0 Å². The molecular formula is C13H23NO2. The zero-order valence-corrected chi connectivity index (χ0v) is 10.4. The van der Waals surface area contributed by atoms with Gasteiger partial charge in [0.05, 0.1) is 5.92 Å². The fourth-order valence-electron chi connectivity index (χ4n) is 3.65. The Balaban J connectivity index is 2.02. The summed E-state index contributed by atoms with van der Waals surface area (Å²) in [5.41, 5.74) is 0. The van der Waals surface area contributed by atoms with Crippen LogP contribution in [0.4, 0.5) is 0 Å². The predicted octanol–water partition coefficient (Wildman–Crippen LogP) is 2.22. The summed E-state index contributed by atoms with van der Waals surface area (Å²) in [6, 6.07) is 0.308. The summed E-state index contributed by atoms with van der Waals surface area (Å²) in [5, 5.41) is 9.22. The van der Waals surface area contributed by atoms with E-state index >= 15 is 0 Å². The molecule has 0 aromatic heterocycles. The molecule has 0 spiro atoms. The zero-order chi connectivity index (χ0) is 11.7. The lowest BCUT2D eigenvalue weighted by Crippen LogP contribution is -2.47. The van der Waals surface area contributed by atoms with Crippen molar-refractivity contribution >= 4 is 5.97 Å². The normalized spacial score (nSPS) is 41.1. The Bertz CT molecular complexity index is 257. The van der Waals surface area contributed by atoms with E-state index in [2.05, 4.69) is 18.7 Å². The van der Waals surface area contributed by atoms with Gasteiger partial charge in [0, 0.05) is 19.1 Å². The summed E-state index contributed by atoms with van der Waals surface area (Å²) in [7, 11) is 0. The van der Waals surface area contributed by atoms with E-state index in [0.29, 0.717) is 6.04 Å². The van der Waals surface area contributed by atoms with Crippen LogP contribution in [0.3, 0.4) is 0 Å². The van der Waals surface area contributed by atoms with Gasteiger partial charge in [0.1, 0.15) is 0 Å². The van der Waals surface area contributed by atoms with Gasteiger partial charge in [-0.25, -0.2) is 0 Å². The lowest BCUT2D eigenvalue weighted by Gasteiger charge is -2.40. The minimum Gasteiger partial charge on any atom is -0.481 e. The number of nitrogens with zero attached hydrogens (tertiary/aromatic N) is 1. The first kappa shape index (κ1) is 11.9. The molecule has 2 fully saturated rings. The molecule has 0 radical (unpaired) electrons. The number of aliphatic carboxylic acids is 1. The average molecular weight is 225 g/mol. The SMILES string of the molecule is CC1CC(C)CN(C2CCCC2C(=O)O)C1. The van der Waals surface area contributed by atoms with Gasteiger partial charge in [0.25, 0.3) is 0 Å². The van der Waals surface area contributed by atoms with Crippen molar-refractivity contribution in [3.8, 4) is 0 Å². The Kier molecular flexibility index (Phi) is 3.53. The minimum atomic E-state index is -0.589. The maximum absolute atomic E-state index is 11.2. The maximum atomic E-state index is 11.2. The van der Waals surface area contributed by atoms with Gasteiger partial charge >= 0.3 is 5.97 Å². The molecule has 2 aliphatic rings. The first-order chi connectivity index (χ1) is 7.58. The van der Waals surface area contributed by atoms with Gasteiger partial charge in [-0.3, -0.25) is 9.69 Å². The first-order valence-electron chi connectivity index (χ1n) is 6.54. The van der Waals surface area contributed by atoms with Gasteiger partial charge < -0.3 is 5.11 Å². The van der Waals surface area contributed by atoms with Gasteiger partial charge in [0.15, 0.2) is 0 Å². The van der Waals surface area contributed by atoms with Crippen molar-refractivity contribution in [1.82, 2.24) is 4.90 Å². The number of likely N-dealkylation sites (tertiary alicyclic amines) is 1. The number of piperidine rings is 1. The van der Waals surface area contributed by atoms with Gasteiger partial charge in [-0.2, -0.15) is 0 Å². The van der Waals surface area contributed by atoms with Crippen LogP contribution in [0.25, 0.3) is 0 Å². The van der Waals surface area contributed by atoms with Crippen molar-refractivity contribution in [2.45, 2.75) is 45.6 Å². The van der Waals surface area contributed by atoms with Crippen molar-refractivity contribution in [1.29, 1.82) is 0 Å². The molecule has 1 heterocycles. The topological polar surface area (TPSA) is 40.5 Å². The van der Waals surface area contributed by atoms with Gasteiger partial charge in [0.2, 0.25) is 0 Å². The van der Waals surface area contributed by atoms with Crippen molar-refractivity contribution < 1.29 is 9.90 Å². The molecule has 3 heteroatoms. The van der Waals surface area contributed by atoms with E-state index in [0.717, 1.165) is 44.2 Å². The van der Waals surface area contributed by atoms with E-state index in [1.165, 1.54) is 6.42 Å². The molecule has 1 aliphatic carbocycles. The molecule has 1 N–H and O–H groups in total. The summed E-state index contributed by atoms with van der Waals surface area (Å²) in [6.07, 6.45) is 4.33. The highest BCUT2D eigenvalue weighted by Gasteiger charge is 2.38. The van der Waals surface area contributed by atoms with Crippen molar-refractivity contribution in [2.24, 2.45) is 17.8 Å². The van der Waals surface area contributed by atoms with Crippen LogP contribution in [-0.2, 0) is 4.79 Å².